The average molecular weight is 506 g/mol. The van der Waals surface area contributed by atoms with Crippen molar-refractivity contribution in [1.29, 1.82) is 0 Å². The average Bonchev–Trinajstić information content (AvgIpc) is 2.68. The van der Waals surface area contributed by atoms with E-state index in [4.69, 9.17) is 9.47 Å². The topological polar surface area (TPSA) is 33.7 Å². The molecule has 2 aromatic rings. The highest BCUT2D eigenvalue weighted by Gasteiger charge is 2.19. The molecule has 2 aromatic carbocycles. The summed E-state index contributed by atoms with van der Waals surface area (Å²) in [6, 6.07) is 15.5. The van der Waals surface area contributed by atoms with E-state index in [0.29, 0.717) is 12.6 Å². The molecular weight excluding hydrogens is 475 g/mol. The lowest BCUT2D eigenvalue weighted by Crippen LogP contribution is -2.41. The number of benzene rings is 2. The second-order valence-corrected chi connectivity index (χ2v) is 7.81. The Morgan fingerprint density at radius 3 is 2.38 bits per heavy atom. The Bertz CT molecular complexity index is 726. The van der Waals surface area contributed by atoms with Gasteiger partial charge in [-0.15, -0.1) is 24.8 Å². The van der Waals surface area contributed by atoms with E-state index in [1.165, 1.54) is 24.0 Å². The summed E-state index contributed by atoms with van der Waals surface area (Å²) in [6.45, 7) is 6.79. The first-order chi connectivity index (χ1) is 13.2. The maximum absolute atomic E-state index is 5.72. The number of rotatable bonds is 8. The van der Waals surface area contributed by atoms with Crippen LogP contribution >= 0.6 is 40.7 Å². The van der Waals surface area contributed by atoms with Crippen LogP contribution < -0.4 is 14.8 Å². The summed E-state index contributed by atoms with van der Waals surface area (Å²) in [5, 5.41) is 3.71. The Hall–Kier alpha value is -0.980. The van der Waals surface area contributed by atoms with E-state index in [9.17, 15) is 0 Å². The molecule has 29 heavy (non-hydrogen) atoms. The van der Waals surface area contributed by atoms with Crippen molar-refractivity contribution in [3.63, 3.8) is 0 Å². The van der Waals surface area contributed by atoms with E-state index in [0.717, 1.165) is 42.2 Å². The first kappa shape index (κ1) is 26.1. The number of hydrogen-bond acceptors (Lipinski definition) is 4. The zero-order chi connectivity index (χ0) is 19.1. The van der Waals surface area contributed by atoms with Crippen molar-refractivity contribution in [1.82, 2.24) is 10.2 Å². The number of piperidine rings is 1. The van der Waals surface area contributed by atoms with Crippen molar-refractivity contribution in [2.75, 3.05) is 26.8 Å². The van der Waals surface area contributed by atoms with Gasteiger partial charge in [0.05, 0.1) is 18.2 Å². The third-order valence-electron chi connectivity index (χ3n) is 5.00. The van der Waals surface area contributed by atoms with Crippen LogP contribution in [0.2, 0.25) is 0 Å². The summed E-state index contributed by atoms with van der Waals surface area (Å²) in [6.07, 6.45) is 2.37. The maximum atomic E-state index is 5.72. The molecule has 1 aliphatic heterocycles. The van der Waals surface area contributed by atoms with Crippen LogP contribution in [0.25, 0.3) is 0 Å². The van der Waals surface area contributed by atoms with Gasteiger partial charge in [0, 0.05) is 19.1 Å². The van der Waals surface area contributed by atoms with Crippen molar-refractivity contribution < 1.29 is 9.47 Å². The number of nitrogens with zero attached hydrogens (tertiary/aromatic N) is 1. The summed E-state index contributed by atoms with van der Waals surface area (Å²) in [4.78, 5) is 2.55. The molecule has 0 atom stereocenters. The summed E-state index contributed by atoms with van der Waals surface area (Å²) in [5.74, 6) is 1.55. The van der Waals surface area contributed by atoms with Gasteiger partial charge in [0.15, 0.2) is 11.5 Å². The number of hydrogen-bond donors (Lipinski definition) is 1. The van der Waals surface area contributed by atoms with E-state index in [1.54, 1.807) is 7.11 Å². The molecule has 0 amide bonds. The fourth-order valence-corrected chi connectivity index (χ4v) is 4.23. The quantitative estimate of drug-likeness (QED) is 0.516. The summed E-state index contributed by atoms with van der Waals surface area (Å²) in [7, 11) is 1.67. The molecule has 7 heteroatoms. The fraction of sp³-hybridized carbons (Fsp3) is 0.455. The molecule has 4 nitrogen and oxygen atoms in total. The Labute approximate surface area is 195 Å². The van der Waals surface area contributed by atoms with Gasteiger partial charge < -0.3 is 14.8 Å². The minimum absolute atomic E-state index is 0. The van der Waals surface area contributed by atoms with Crippen LogP contribution in [0.15, 0.2) is 46.9 Å². The Morgan fingerprint density at radius 1 is 1.07 bits per heavy atom. The summed E-state index contributed by atoms with van der Waals surface area (Å²) in [5.41, 5.74) is 2.60. The van der Waals surface area contributed by atoms with Crippen molar-refractivity contribution in [3.05, 3.63) is 58.1 Å². The maximum Gasteiger partial charge on any atom is 0.174 e. The molecule has 1 saturated heterocycles. The Morgan fingerprint density at radius 2 is 1.76 bits per heavy atom. The van der Waals surface area contributed by atoms with Gasteiger partial charge in [0.2, 0.25) is 0 Å². The van der Waals surface area contributed by atoms with E-state index in [1.807, 2.05) is 6.92 Å². The zero-order valence-electron chi connectivity index (χ0n) is 17.0. The smallest absolute Gasteiger partial charge is 0.174 e. The van der Waals surface area contributed by atoms with Gasteiger partial charge in [-0.2, -0.15) is 0 Å². The number of methoxy groups -OCH3 is 1. The van der Waals surface area contributed by atoms with Gasteiger partial charge in [-0.3, -0.25) is 4.90 Å². The van der Waals surface area contributed by atoms with Crippen LogP contribution in [0.1, 0.15) is 30.9 Å². The first-order valence-electron chi connectivity index (χ1n) is 9.68. The van der Waals surface area contributed by atoms with Crippen LogP contribution in [-0.2, 0) is 13.1 Å². The molecule has 1 aliphatic rings. The van der Waals surface area contributed by atoms with Gasteiger partial charge >= 0.3 is 0 Å². The van der Waals surface area contributed by atoms with Crippen LogP contribution in [0.5, 0.6) is 11.5 Å². The second kappa shape index (κ2) is 13.3. The van der Waals surface area contributed by atoms with E-state index in [2.05, 4.69) is 68.6 Å². The summed E-state index contributed by atoms with van der Waals surface area (Å²) >= 11 is 3.59. The number of likely N-dealkylation sites (tertiary alicyclic amines) is 1. The molecule has 0 bridgehead atoms. The standard InChI is InChI=1S/C22H29BrN2O2.2ClH/c1-3-27-21-14-18(13-20(23)22(21)26-2)15-24-19-9-11-25(12-10-19)16-17-7-5-4-6-8-17;;/h4-8,13-14,19,24H,3,9-12,15-16H2,1-2H3;2*1H. The number of halogens is 3. The molecule has 162 valence electrons. The predicted molar refractivity (Wildman–Crippen MR) is 128 cm³/mol. The highest BCUT2D eigenvalue weighted by atomic mass is 79.9. The van der Waals surface area contributed by atoms with Gasteiger partial charge in [-0.05, 0) is 72.0 Å². The molecule has 0 aliphatic carbocycles. The van der Waals surface area contributed by atoms with E-state index in [-0.39, 0.29) is 24.8 Å². The van der Waals surface area contributed by atoms with Crippen LogP contribution in [-0.4, -0.2) is 37.7 Å². The molecule has 0 spiro atoms. The van der Waals surface area contributed by atoms with Crippen LogP contribution in [0.3, 0.4) is 0 Å². The fourth-order valence-electron chi connectivity index (χ4n) is 3.58. The molecule has 1 heterocycles. The minimum Gasteiger partial charge on any atom is -0.492 e. The second-order valence-electron chi connectivity index (χ2n) is 6.96. The highest BCUT2D eigenvalue weighted by molar-refractivity contribution is 9.10. The molecule has 0 radical (unpaired) electrons. The lowest BCUT2D eigenvalue weighted by atomic mass is 10.0. The molecule has 1 fully saturated rings. The van der Waals surface area contributed by atoms with Crippen molar-refractivity contribution in [3.8, 4) is 11.5 Å². The summed E-state index contributed by atoms with van der Waals surface area (Å²) < 4.78 is 12.1. The molecule has 0 aromatic heterocycles. The Balaban J connectivity index is 0.00000210. The predicted octanol–water partition coefficient (Wildman–Crippen LogP) is 5.45. The van der Waals surface area contributed by atoms with Crippen molar-refractivity contribution >= 4 is 40.7 Å². The largest absolute Gasteiger partial charge is 0.492 e. The lowest BCUT2D eigenvalue weighted by Gasteiger charge is -2.32. The molecular formula is C22H31BrCl2N2O2. The molecule has 3 rings (SSSR count). The zero-order valence-corrected chi connectivity index (χ0v) is 20.2. The third kappa shape index (κ3) is 7.65. The number of nitrogens with one attached hydrogen (secondary N) is 1. The first-order valence-corrected chi connectivity index (χ1v) is 10.5. The minimum atomic E-state index is 0. The SMILES string of the molecule is CCOc1cc(CNC2CCN(Cc3ccccc3)CC2)cc(Br)c1OC.Cl.Cl. The lowest BCUT2D eigenvalue weighted by molar-refractivity contribution is 0.190. The van der Waals surface area contributed by atoms with E-state index >= 15 is 0 Å². The van der Waals surface area contributed by atoms with Gasteiger partial charge in [0.25, 0.3) is 0 Å². The molecule has 1 N–H and O–H groups in total. The third-order valence-corrected chi connectivity index (χ3v) is 5.59. The van der Waals surface area contributed by atoms with Gasteiger partial charge in [-0.25, -0.2) is 0 Å². The Kier molecular flexibility index (Phi) is 12.0. The molecule has 0 saturated carbocycles. The number of ether oxygens (including phenoxy) is 2. The van der Waals surface area contributed by atoms with Gasteiger partial charge in [-0.1, -0.05) is 30.3 Å². The normalized spacial score (nSPS) is 14.6. The van der Waals surface area contributed by atoms with Gasteiger partial charge in [0.1, 0.15) is 0 Å². The molecule has 0 unspecified atom stereocenters. The van der Waals surface area contributed by atoms with Crippen LogP contribution in [0.4, 0.5) is 0 Å². The van der Waals surface area contributed by atoms with E-state index < -0.39 is 0 Å². The highest BCUT2D eigenvalue weighted by Crippen LogP contribution is 2.36. The van der Waals surface area contributed by atoms with Crippen molar-refractivity contribution in [2.45, 2.75) is 38.9 Å². The monoisotopic (exact) mass is 504 g/mol. The van der Waals surface area contributed by atoms with Crippen LogP contribution in [0, 0.1) is 0 Å². The van der Waals surface area contributed by atoms with Crippen molar-refractivity contribution in [2.24, 2.45) is 0 Å².